The van der Waals surface area contributed by atoms with E-state index in [0.717, 1.165) is 109 Å². The van der Waals surface area contributed by atoms with Crippen molar-refractivity contribution in [3.8, 4) is 63.4 Å². The third-order valence-electron chi connectivity index (χ3n) is 17.2. The van der Waals surface area contributed by atoms with Gasteiger partial charge in [0.2, 0.25) is 28.5 Å². The normalized spacial score (nSPS) is 9.80. The number of para-hydroxylation sites is 2. The number of esters is 1. The summed E-state index contributed by atoms with van der Waals surface area (Å²) >= 11 is 12.2. The standard InChI is InChI=1S/C30H29N3O3.C18H20BrN3O2.C13H14N2O4.C12H11BO3.C11H15BNO4.C7H7BrN2.C7H8N2.5CO2.Br2.H4N2/c1-6-27-28(31-5)26(21-15-17-25(18-16-21)35-24-13-8-7-9-14-24)20-33(27)23-12-10-11-22(19-23)32-29(34)36-30(2,3)4;1-6-15-16(20-5)14(19)11-22(15)13-9-7-8-12(10-13)21-17(23)24-18(2,3)4;1-3-11(16)9(7-14)5-6-10(8-15)12(17)13(18)19-4-2;14-13(15)10-6-8-12(9-7-10)16-11-4-2-1-3-5-11;1-11(2,3)16-10(14)13-8-5-4-6-9(7-8)17-12-15;1-3-6-7(9-2)5(8)4-10-6;1-3-6-7(8-2)4-5-9-6;5*2-1-3;2*1-2/h7-20H,6H2,1-4H3,(H,32,34);7-11H,6H2,1-4H3,(H,21,23);5-6,16-17H,3-4H2,1-2H3;1-9,14-15H;4-7,15H,1-3H3,(H,13,14);4,10H,3H2,1H3;4-5,9H,3H2,1H3;;;;;;;1-2H2/b;;6-5+,11-9+,12-10+;;;;;;;;;;;. The number of carbonyl (C=O) groups is 4. The SMILES string of the molecule is BrBr.CC(C)(C)OC(=O)Nc1cccc(O[B]O)c1.CCOC(=O)/C(O)=C(C#N)/C=C/C(C#N)=C(\O)CC.NN.O=C=O.O=C=O.O=C=O.O=C=O.O=C=O.OB(O)c1ccc(Oc2ccccc2)cc1.[C-]#[N+]c1c(-c2ccc(Oc3ccccc3)cc2)cn(-c2cccc(NC(=O)OC(C)(C)C)c2)c1CC.[C-]#[N+]c1c(Br)c[nH]c1CC.[C-]#[N+]c1c(Br)cn(-c2cccc(NC(=O)OC(C)(C)C)c2)c1CC.[C-]#[N+]c1cc[nH]c1CC. The Hall–Kier alpha value is -17.2. The maximum Gasteiger partial charge on any atom is 0.569 e. The number of nitrogens with zero attached hydrogens (tertiary/aromatic N) is 8. The molecule has 0 spiro atoms. The number of benzene rings is 7. The topological polar surface area (TPSA) is 599 Å². The number of aromatic nitrogens is 4. The van der Waals surface area contributed by atoms with Crippen LogP contribution in [0.25, 0.3) is 41.9 Å². The Kier molecular flexibility index (Phi) is 71.5. The predicted molar refractivity (Wildman–Crippen MR) is 568 cm³/mol. The number of H-pyrrole nitrogens is 2. The fourth-order valence-corrected chi connectivity index (χ4v) is 12.3. The Labute approximate surface area is 899 Å². The van der Waals surface area contributed by atoms with Crippen molar-refractivity contribution >= 4 is 175 Å². The first-order chi connectivity index (χ1) is 71.4. The molecular formula is C103H108B2Br4N15O26. The van der Waals surface area contributed by atoms with Gasteiger partial charge in [0.25, 0.3) is 0 Å². The summed E-state index contributed by atoms with van der Waals surface area (Å²) in [6, 6.07) is 60.1. The molecule has 0 aliphatic carbocycles. The van der Waals surface area contributed by atoms with Gasteiger partial charge in [0.1, 0.15) is 69.0 Å². The number of aryl methyl sites for hydroxylation is 2. The average Bonchev–Trinajstić information content (AvgIpc) is 1.62. The van der Waals surface area contributed by atoms with E-state index < -0.39 is 53.9 Å². The number of carbonyl (C=O) groups excluding carboxylic acids is 14. The monoisotopic (exact) mass is 2310 g/mol. The number of nitrogens with two attached hydrogens (primary N) is 2. The summed E-state index contributed by atoms with van der Waals surface area (Å²) < 4.78 is 42.1. The number of amides is 3. The first kappa shape index (κ1) is 137. The second-order valence-corrected chi connectivity index (χ2v) is 32.4. The number of aromatic amines is 2. The summed E-state index contributed by atoms with van der Waals surface area (Å²) in [5, 5.41) is 70.8. The van der Waals surface area contributed by atoms with Gasteiger partial charge in [0.15, 0.2) is 0 Å². The number of anilines is 3. The van der Waals surface area contributed by atoms with Gasteiger partial charge in [-0.1, -0.05) is 145 Å². The van der Waals surface area contributed by atoms with Crippen LogP contribution in [-0.4, -0.2) is 138 Å². The number of aliphatic hydroxyl groups is 2. The van der Waals surface area contributed by atoms with Crippen LogP contribution in [0.3, 0.4) is 0 Å². The largest absolute Gasteiger partial charge is 0.569 e. The molecule has 0 saturated heterocycles. The van der Waals surface area contributed by atoms with Crippen molar-refractivity contribution in [3.63, 3.8) is 0 Å². The molecule has 4 heterocycles. The first-order valence-electron chi connectivity index (χ1n) is 43.5. The van der Waals surface area contributed by atoms with Crippen LogP contribution < -0.4 is 47.2 Å². The highest BCUT2D eigenvalue weighted by Crippen LogP contribution is 2.40. The minimum Gasteiger partial charge on any atom is -0.537 e. The Morgan fingerprint density at radius 2 is 0.860 bits per heavy atom. The van der Waals surface area contributed by atoms with E-state index in [2.05, 4.69) is 122 Å². The molecule has 47 heteroatoms. The van der Waals surface area contributed by atoms with Gasteiger partial charge in [0.05, 0.1) is 38.5 Å². The summed E-state index contributed by atoms with van der Waals surface area (Å²) in [4.78, 5) is 148. The maximum absolute atomic E-state index is 12.2. The maximum atomic E-state index is 12.2. The molecule has 0 aliphatic rings. The van der Waals surface area contributed by atoms with E-state index >= 15 is 0 Å². The van der Waals surface area contributed by atoms with Crippen LogP contribution >= 0.6 is 60.1 Å². The molecule has 0 bridgehead atoms. The highest BCUT2D eigenvalue weighted by atomic mass is 80.9. The quantitative estimate of drug-likeness (QED) is 0.00286. The average molecular weight is 2310 g/mol. The van der Waals surface area contributed by atoms with E-state index in [9.17, 15) is 29.4 Å². The van der Waals surface area contributed by atoms with Crippen LogP contribution in [0.2, 0.25) is 0 Å². The molecule has 150 heavy (non-hydrogen) atoms. The zero-order chi connectivity index (χ0) is 115. The van der Waals surface area contributed by atoms with E-state index in [1.807, 2.05) is 218 Å². The lowest BCUT2D eigenvalue weighted by Crippen LogP contribution is -2.29. The van der Waals surface area contributed by atoms with Gasteiger partial charge in [-0.2, -0.15) is 58.5 Å². The second kappa shape index (κ2) is 78.3. The van der Waals surface area contributed by atoms with Crippen LogP contribution in [-0.2, 0) is 97.4 Å². The van der Waals surface area contributed by atoms with Crippen LogP contribution in [0.4, 0.5) is 54.2 Å². The first-order valence-corrected chi connectivity index (χ1v) is 48.8. The Morgan fingerprint density at radius 1 is 0.480 bits per heavy atom. The number of rotatable bonds is 22. The van der Waals surface area contributed by atoms with Gasteiger partial charge in [-0.05, 0) is 227 Å². The van der Waals surface area contributed by atoms with Gasteiger partial charge >= 0.3 is 69.8 Å². The van der Waals surface area contributed by atoms with E-state index in [-0.39, 0.29) is 60.7 Å². The van der Waals surface area contributed by atoms with Crippen LogP contribution in [0.5, 0.6) is 28.7 Å². The molecule has 11 rings (SSSR count). The minimum atomic E-state index is -1.44. The number of ether oxygens (including phenoxy) is 6. The Morgan fingerprint density at radius 3 is 1.21 bits per heavy atom. The molecule has 11 aromatic rings. The molecular weight excluding hydrogens is 2200 g/mol. The summed E-state index contributed by atoms with van der Waals surface area (Å²) in [6.07, 6.45) is 12.8. The number of nitrogens with one attached hydrogen (secondary N) is 5. The predicted octanol–water partition coefficient (Wildman–Crippen LogP) is 22.0. The molecule has 0 unspecified atom stereocenters. The second-order valence-electron chi connectivity index (χ2n) is 30.7. The van der Waals surface area contributed by atoms with Gasteiger partial charge in [-0.3, -0.25) is 27.6 Å². The number of hydrazine groups is 1. The lowest BCUT2D eigenvalue weighted by Gasteiger charge is -2.20. The van der Waals surface area contributed by atoms with E-state index in [1.165, 1.54) is 0 Å². The van der Waals surface area contributed by atoms with Crippen molar-refractivity contribution in [2.45, 2.75) is 153 Å². The Balaban J connectivity index is -0.00000169. The molecule has 0 atom stereocenters. The van der Waals surface area contributed by atoms with Gasteiger partial charge in [0, 0.05) is 125 Å². The van der Waals surface area contributed by atoms with Crippen molar-refractivity contribution in [2.24, 2.45) is 11.7 Å². The molecule has 0 aliphatic heterocycles. The highest BCUT2D eigenvalue weighted by Gasteiger charge is 2.24. The fraction of sp³-hybridized carbons (Fsp3) is 0.233. The van der Waals surface area contributed by atoms with Crippen molar-refractivity contribution in [1.29, 1.82) is 10.5 Å². The molecule has 0 fully saturated rings. The molecule has 1 radical (unpaired) electrons. The zero-order valence-electron chi connectivity index (χ0n) is 83.8. The van der Waals surface area contributed by atoms with Crippen molar-refractivity contribution in [1.82, 2.24) is 19.1 Å². The number of halogens is 4. The third kappa shape index (κ3) is 55.2. The lowest BCUT2D eigenvalue weighted by molar-refractivity contribution is -0.193. The number of aliphatic hydroxyl groups excluding tert-OH is 2. The molecule has 14 N–H and O–H groups in total. The highest BCUT2D eigenvalue weighted by molar-refractivity contribution is 9.93. The number of hydrogen-bond acceptors (Lipinski definition) is 30. The molecule has 4 aromatic heterocycles. The lowest BCUT2D eigenvalue weighted by atomic mass is 9.80. The van der Waals surface area contributed by atoms with Crippen molar-refractivity contribution < 1.29 is 125 Å². The van der Waals surface area contributed by atoms with Crippen LogP contribution in [0, 0.1) is 49.0 Å². The molecule has 3 amide bonds. The molecule has 41 nitrogen and oxygen atoms in total. The van der Waals surface area contributed by atoms with Gasteiger partial charge in [-0.15, -0.1) is 0 Å². The smallest absolute Gasteiger partial charge is 0.537 e. The number of nitriles is 2. The summed E-state index contributed by atoms with van der Waals surface area (Å²) in [5.41, 5.74) is 10.2. The van der Waals surface area contributed by atoms with Gasteiger partial charge < -0.3 is 77.5 Å². The summed E-state index contributed by atoms with van der Waals surface area (Å²) in [5.74, 6) is 9.32. The number of hydrogen-bond donors (Lipinski definition) is 12. The number of allylic oxidation sites excluding steroid dienone is 5. The van der Waals surface area contributed by atoms with Crippen molar-refractivity contribution in [3.05, 3.63) is 325 Å². The Bertz CT molecular complexity index is 6490. The minimum absolute atomic E-state index is 0.0492. The van der Waals surface area contributed by atoms with Crippen LogP contribution in [0.1, 0.15) is 133 Å². The van der Waals surface area contributed by atoms with Gasteiger partial charge in [-0.25, -0.2) is 38.6 Å². The molecule has 7 aromatic carbocycles. The third-order valence-corrected chi connectivity index (χ3v) is 18.4. The van der Waals surface area contributed by atoms with Crippen molar-refractivity contribution in [2.75, 3.05) is 22.6 Å². The summed E-state index contributed by atoms with van der Waals surface area (Å²) in [7, 11) is -0.863. The van der Waals surface area contributed by atoms with Crippen LogP contribution in [0.15, 0.2) is 257 Å². The van der Waals surface area contributed by atoms with E-state index in [1.54, 1.807) is 120 Å². The van der Waals surface area contributed by atoms with E-state index in [0.29, 0.717) is 65.2 Å². The zero-order valence-corrected chi connectivity index (χ0v) is 90.2. The fourth-order valence-electron chi connectivity index (χ4n) is 11.4. The molecule has 785 valence electrons. The molecule has 0 saturated carbocycles. The summed E-state index contributed by atoms with van der Waals surface area (Å²) in [6.45, 7) is 56.4. The van der Waals surface area contributed by atoms with E-state index in [4.69, 9.17) is 128 Å².